The predicted octanol–water partition coefficient (Wildman–Crippen LogP) is 5.57. The zero-order chi connectivity index (χ0) is 21.1. The summed E-state index contributed by atoms with van der Waals surface area (Å²) >= 11 is 7.39. The molecule has 3 aromatic carbocycles. The summed E-state index contributed by atoms with van der Waals surface area (Å²) in [7, 11) is 1.55. The summed E-state index contributed by atoms with van der Waals surface area (Å²) in [6.07, 6.45) is 0. The van der Waals surface area contributed by atoms with E-state index in [0.717, 1.165) is 5.56 Å². The van der Waals surface area contributed by atoms with Gasteiger partial charge in [0.25, 0.3) is 11.8 Å². The molecule has 0 saturated heterocycles. The molecular weight excluding hydrogens is 418 g/mol. The zero-order valence-corrected chi connectivity index (χ0v) is 17.7. The number of hydrogen-bond donors (Lipinski definition) is 0. The molecule has 1 aliphatic heterocycles. The number of carbonyl (C=O) groups is 2. The lowest BCUT2D eigenvalue weighted by Crippen LogP contribution is -2.31. The Morgan fingerprint density at radius 1 is 0.900 bits per heavy atom. The van der Waals surface area contributed by atoms with Crippen LogP contribution in [0.2, 0.25) is 5.02 Å². The Morgan fingerprint density at radius 3 is 2.33 bits per heavy atom. The molecule has 0 aromatic heterocycles. The smallest absolute Gasteiger partial charge is 0.272 e. The Labute approximate surface area is 184 Å². The third-order valence-corrected chi connectivity index (χ3v) is 6.11. The standard InChI is InChI=1S/C24H18ClNO3S/c1-29-20-9-5-8-19(14-20)26-23(27)21(17-10-12-18(25)13-11-17)22(24(26)28)30-15-16-6-3-2-4-7-16/h2-14H,15H2,1H3. The maximum absolute atomic E-state index is 13.4. The number of anilines is 1. The molecule has 0 atom stereocenters. The van der Waals surface area contributed by atoms with Crippen molar-refractivity contribution in [2.45, 2.75) is 5.75 Å². The van der Waals surface area contributed by atoms with Crippen LogP contribution in [0.25, 0.3) is 5.57 Å². The van der Waals surface area contributed by atoms with Crippen molar-refractivity contribution in [3.8, 4) is 5.75 Å². The van der Waals surface area contributed by atoms with Crippen LogP contribution in [-0.4, -0.2) is 18.9 Å². The number of thioether (sulfide) groups is 1. The van der Waals surface area contributed by atoms with E-state index in [4.69, 9.17) is 16.3 Å². The van der Waals surface area contributed by atoms with Crippen LogP contribution in [0.15, 0.2) is 83.8 Å². The molecule has 0 saturated carbocycles. The van der Waals surface area contributed by atoms with Gasteiger partial charge in [-0.3, -0.25) is 9.59 Å². The largest absolute Gasteiger partial charge is 0.497 e. The Kier molecular flexibility index (Phi) is 5.93. The van der Waals surface area contributed by atoms with E-state index in [2.05, 4.69) is 0 Å². The van der Waals surface area contributed by atoms with Crippen LogP contribution in [0.5, 0.6) is 5.75 Å². The second kappa shape index (κ2) is 8.78. The Balaban J connectivity index is 1.74. The summed E-state index contributed by atoms with van der Waals surface area (Å²) in [4.78, 5) is 28.4. The summed E-state index contributed by atoms with van der Waals surface area (Å²) < 4.78 is 5.26. The van der Waals surface area contributed by atoms with Crippen molar-refractivity contribution in [1.29, 1.82) is 0 Å². The SMILES string of the molecule is COc1cccc(N2C(=O)C(SCc3ccccc3)=C(c3ccc(Cl)cc3)C2=O)c1. The highest BCUT2D eigenvalue weighted by atomic mass is 35.5. The Morgan fingerprint density at radius 2 is 1.63 bits per heavy atom. The Bertz CT molecular complexity index is 1130. The highest BCUT2D eigenvalue weighted by Crippen LogP contribution is 2.40. The van der Waals surface area contributed by atoms with E-state index >= 15 is 0 Å². The quantitative estimate of drug-likeness (QED) is 0.475. The first kappa shape index (κ1) is 20.3. The van der Waals surface area contributed by atoms with Crippen LogP contribution < -0.4 is 9.64 Å². The molecule has 6 heteroatoms. The first-order valence-corrected chi connectivity index (χ1v) is 10.6. The fourth-order valence-corrected chi connectivity index (χ4v) is 4.42. The van der Waals surface area contributed by atoms with Gasteiger partial charge in [0.15, 0.2) is 0 Å². The van der Waals surface area contributed by atoms with Crippen LogP contribution in [-0.2, 0) is 15.3 Å². The van der Waals surface area contributed by atoms with Crippen molar-refractivity contribution < 1.29 is 14.3 Å². The molecular formula is C24H18ClNO3S. The molecule has 0 fully saturated rings. The normalized spacial score (nSPS) is 13.9. The van der Waals surface area contributed by atoms with Gasteiger partial charge in [0, 0.05) is 16.8 Å². The van der Waals surface area contributed by atoms with Crippen molar-refractivity contribution in [3.63, 3.8) is 0 Å². The van der Waals surface area contributed by atoms with E-state index < -0.39 is 0 Å². The molecule has 0 bridgehead atoms. The molecule has 150 valence electrons. The van der Waals surface area contributed by atoms with Gasteiger partial charge in [-0.25, -0.2) is 4.90 Å². The number of rotatable bonds is 6. The van der Waals surface area contributed by atoms with Gasteiger partial charge < -0.3 is 4.74 Å². The number of carbonyl (C=O) groups excluding carboxylic acids is 2. The fourth-order valence-electron chi connectivity index (χ4n) is 3.23. The lowest BCUT2D eigenvalue weighted by Gasteiger charge is -2.16. The number of ether oxygens (including phenoxy) is 1. The maximum Gasteiger partial charge on any atom is 0.272 e. The van der Waals surface area contributed by atoms with Crippen molar-refractivity contribution in [2.75, 3.05) is 12.0 Å². The van der Waals surface area contributed by atoms with Crippen molar-refractivity contribution in [3.05, 3.63) is 99.9 Å². The van der Waals surface area contributed by atoms with E-state index in [0.29, 0.717) is 38.3 Å². The summed E-state index contributed by atoms with van der Waals surface area (Å²) in [5, 5.41) is 0.569. The van der Waals surface area contributed by atoms with Crippen molar-refractivity contribution in [1.82, 2.24) is 0 Å². The lowest BCUT2D eigenvalue weighted by molar-refractivity contribution is -0.119. The average molecular weight is 436 g/mol. The molecule has 30 heavy (non-hydrogen) atoms. The third kappa shape index (κ3) is 3.99. The van der Waals surface area contributed by atoms with Gasteiger partial charge >= 0.3 is 0 Å². The zero-order valence-electron chi connectivity index (χ0n) is 16.2. The average Bonchev–Trinajstić information content (AvgIpc) is 3.03. The summed E-state index contributed by atoms with van der Waals surface area (Å²) in [6, 6.07) is 23.7. The minimum atomic E-state index is -0.355. The molecule has 1 aliphatic rings. The van der Waals surface area contributed by atoms with Crippen LogP contribution in [0.1, 0.15) is 11.1 Å². The number of halogens is 1. The van der Waals surface area contributed by atoms with Gasteiger partial charge in [-0.1, -0.05) is 60.1 Å². The van der Waals surface area contributed by atoms with Gasteiger partial charge in [0.2, 0.25) is 0 Å². The second-order valence-electron chi connectivity index (χ2n) is 6.63. The number of amides is 2. The number of benzene rings is 3. The van der Waals surface area contributed by atoms with Gasteiger partial charge in [-0.2, -0.15) is 0 Å². The van der Waals surface area contributed by atoms with Gasteiger partial charge in [0.05, 0.1) is 23.3 Å². The summed E-state index contributed by atoms with van der Waals surface area (Å²) in [6.45, 7) is 0. The molecule has 4 nitrogen and oxygen atoms in total. The molecule has 1 heterocycles. The first-order chi connectivity index (χ1) is 14.6. The predicted molar refractivity (Wildman–Crippen MR) is 122 cm³/mol. The number of imide groups is 1. The Hall–Kier alpha value is -3.02. The summed E-state index contributed by atoms with van der Waals surface area (Å²) in [5.41, 5.74) is 2.61. The van der Waals surface area contributed by atoms with Crippen molar-refractivity contribution >= 4 is 46.4 Å². The van der Waals surface area contributed by atoms with E-state index in [1.54, 1.807) is 55.6 Å². The molecule has 0 spiro atoms. The van der Waals surface area contributed by atoms with Crippen LogP contribution in [0.4, 0.5) is 5.69 Å². The van der Waals surface area contributed by atoms with Gasteiger partial charge in [-0.15, -0.1) is 11.8 Å². The van der Waals surface area contributed by atoms with E-state index in [9.17, 15) is 9.59 Å². The van der Waals surface area contributed by atoms with E-state index in [1.807, 2.05) is 30.3 Å². The minimum absolute atomic E-state index is 0.334. The highest BCUT2D eigenvalue weighted by molar-refractivity contribution is 8.03. The molecule has 0 aliphatic carbocycles. The first-order valence-electron chi connectivity index (χ1n) is 9.28. The topological polar surface area (TPSA) is 46.6 Å². The number of methoxy groups -OCH3 is 1. The summed E-state index contributed by atoms with van der Waals surface area (Å²) in [5.74, 6) is 0.468. The molecule has 0 N–H and O–H groups in total. The molecule has 0 radical (unpaired) electrons. The number of nitrogens with zero attached hydrogens (tertiary/aromatic N) is 1. The number of hydrogen-bond acceptors (Lipinski definition) is 4. The van der Waals surface area contributed by atoms with Crippen LogP contribution >= 0.6 is 23.4 Å². The highest BCUT2D eigenvalue weighted by Gasteiger charge is 2.40. The second-order valence-corrected chi connectivity index (χ2v) is 8.05. The molecule has 2 amide bonds. The molecule has 3 aromatic rings. The van der Waals surface area contributed by atoms with E-state index in [-0.39, 0.29) is 11.8 Å². The molecule has 0 unspecified atom stereocenters. The fraction of sp³-hybridized carbons (Fsp3) is 0.0833. The van der Waals surface area contributed by atoms with E-state index in [1.165, 1.54) is 16.7 Å². The minimum Gasteiger partial charge on any atom is -0.497 e. The lowest BCUT2D eigenvalue weighted by atomic mass is 10.1. The van der Waals surface area contributed by atoms with Crippen molar-refractivity contribution in [2.24, 2.45) is 0 Å². The van der Waals surface area contributed by atoms with Crippen LogP contribution in [0, 0.1) is 0 Å². The third-order valence-electron chi connectivity index (χ3n) is 4.71. The van der Waals surface area contributed by atoms with Gasteiger partial charge in [-0.05, 0) is 35.4 Å². The maximum atomic E-state index is 13.4. The molecule has 4 rings (SSSR count). The van der Waals surface area contributed by atoms with Crippen LogP contribution in [0.3, 0.4) is 0 Å². The monoisotopic (exact) mass is 435 g/mol. The van der Waals surface area contributed by atoms with Gasteiger partial charge in [0.1, 0.15) is 5.75 Å².